The van der Waals surface area contributed by atoms with E-state index >= 15 is 0 Å². The van der Waals surface area contributed by atoms with Crippen molar-refractivity contribution < 1.29 is 13.2 Å². The molecule has 1 aromatic carbocycles. The van der Waals surface area contributed by atoms with E-state index in [1.165, 1.54) is 10.7 Å². The molecule has 3 heterocycles. The minimum atomic E-state index is -4.61. The van der Waals surface area contributed by atoms with Gasteiger partial charge in [-0.1, -0.05) is 32.0 Å². The Bertz CT molecular complexity index is 1150. The van der Waals surface area contributed by atoms with Gasteiger partial charge in [-0.25, -0.2) is 14.2 Å². The molecule has 0 aliphatic rings. The molecule has 0 aliphatic heterocycles. The first-order valence-corrected chi connectivity index (χ1v) is 8.77. The van der Waals surface area contributed by atoms with Crippen LogP contribution in [0.4, 0.5) is 13.2 Å². The third-order valence-electron chi connectivity index (χ3n) is 4.69. The van der Waals surface area contributed by atoms with E-state index in [-0.39, 0.29) is 11.3 Å². The molecular formula is C19H18F3N5. The van der Waals surface area contributed by atoms with Crippen molar-refractivity contribution in [2.24, 2.45) is 0 Å². The number of rotatable bonds is 3. The fourth-order valence-electron chi connectivity index (χ4n) is 3.40. The molecule has 0 unspecified atom stereocenters. The van der Waals surface area contributed by atoms with Gasteiger partial charge in [0.25, 0.3) is 0 Å². The molecule has 0 fully saturated rings. The van der Waals surface area contributed by atoms with Gasteiger partial charge in [0, 0.05) is 11.8 Å². The third-order valence-corrected chi connectivity index (χ3v) is 4.69. The number of alkyl halides is 3. The summed E-state index contributed by atoms with van der Waals surface area (Å²) >= 11 is 0. The highest BCUT2D eigenvalue weighted by Crippen LogP contribution is 2.36. The first kappa shape index (κ1) is 17.5. The first-order valence-electron chi connectivity index (χ1n) is 8.77. The largest absolute Gasteiger partial charge is 0.435 e. The van der Waals surface area contributed by atoms with Gasteiger partial charge in [0.05, 0.1) is 17.4 Å². The maximum atomic E-state index is 14.1. The van der Waals surface area contributed by atoms with E-state index in [0.717, 1.165) is 15.5 Å². The van der Waals surface area contributed by atoms with Gasteiger partial charge in [0.15, 0.2) is 17.2 Å². The molecular weight excluding hydrogens is 355 g/mol. The Hall–Kier alpha value is -2.90. The van der Waals surface area contributed by atoms with Gasteiger partial charge in [-0.2, -0.15) is 23.4 Å². The van der Waals surface area contributed by atoms with Crippen LogP contribution in [0.5, 0.6) is 0 Å². The number of aryl methyl sites for hydroxylation is 3. The highest BCUT2D eigenvalue weighted by molar-refractivity contribution is 5.83. The lowest BCUT2D eigenvalue weighted by Gasteiger charge is -2.17. The molecule has 0 amide bonds. The first-order chi connectivity index (χ1) is 12.8. The third kappa shape index (κ3) is 2.67. The smallest absolute Gasteiger partial charge is 0.231 e. The Morgan fingerprint density at radius 3 is 2.56 bits per heavy atom. The monoisotopic (exact) mass is 373 g/mol. The average Bonchev–Trinajstić information content (AvgIpc) is 3.23. The van der Waals surface area contributed by atoms with E-state index in [1.807, 2.05) is 39.0 Å². The van der Waals surface area contributed by atoms with Gasteiger partial charge in [-0.15, -0.1) is 0 Å². The number of hydrogen-bond acceptors (Lipinski definition) is 3. The second kappa shape index (κ2) is 6.07. The highest BCUT2D eigenvalue weighted by atomic mass is 19.4. The Morgan fingerprint density at radius 1 is 1.11 bits per heavy atom. The molecule has 0 N–H and O–H groups in total. The molecule has 3 aromatic heterocycles. The zero-order valence-corrected chi connectivity index (χ0v) is 15.2. The standard InChI is InChI=1S/C19H18F3N5/c1-4-12-9-14(26-16-11(3)7-6-8-13(16)10-23-26)17(19(20,21)22)27-18(12)24-15(5-2)25-27/h6-10H,4-5H2,1-3H3. The summed E-state index contributed by atoms with van der Waals surface area (Å²) < 4.78 is 44.6. The van der Waals surface area contributed by atoms with Crippen molar-refractivity contribution in [3.8, 4) is 5.69 Å². The maximum absolute atomic E-state index is 14.1. The lowest BCUT2D eigenvalue weighted by Crippen LogP contribution is -2.19. The van der Waals surface area contributed by atoms with Crippen molar-refractivity contribution in [2.45, 2.75) is 39.8 Å². The molecule has 8 heteroatoms. The highest BCUT2D eigenvalue weighted by Gasteiger charge is 2.39. The molecule has 27 heavy (non-hydrogen) atoms. The van der Waals surface area contributed by atoms with Crippen LogP contribution in [-0.4, -0.2) is 24.4 Å². The van der Waals surface area contributed by atoms with E-state index in [0.29, 0.717) is 29.7 Å². The summed E-state index contributed by atoms with van der Waals surface area (Å²) in [6, 6.07) is 7.09. The summed E-state index contributed by atoms with van der Waals surface area (Å²) in [5.41, 5.74) is 1.55. The van der Waals surface area contributed by atoms with Gasteiger partial charge in [-0.05, 0) is 30.5 Å². The van der Waals surface area contributed by atoms with Crippen LogP contribution in [-0.2, 0) is 19.0 Å². The van der Waals surface area contributed by atoms with E-state index < -0.39 is 11.9 Å². The second-order valence-electron chi connectivity index (χ2n) is 6.44. The average molecular weight is 373 g/mol. The van der Waals surface area contributed by atoms with Crippen molar-refractivity contribution >= 4 is 16.6 Å². The predicted octanol–water partition coefficient (Wildman–Crippen LogP) is 4.52. The summed E-state index contributed by atoms with van der Waals surface area (Å²) in [5.74, 6) is 0.383. The van der Waals surface area contributed by atoms with Crippen LogP contribution < -0.4 is 0 Å². The van der Waals surface area contributed by atoms with Crippen LogP contribution in [0.1, 0.15) is 36.5 Å². The van der Waals surface area contributed by atoms with E-state index in [1.54, 1.807) is 6.20 Å². The van der Waals surface area contributed by atoms with E-state index in [4.69, 9.17) is 0 Å². The van der Waals surface area contributed by atoms with Crippen LogP contribution >= 0.6 is 0 Å². The SMILES string of the molecule is CCc1nc2c(CC)cc(-n3ncc4cccc(C)c43)c(C(F)(F)F)n2n1. The number of aromatic nitrogens is 5. The Labute approximate surface area is 153 Å². The molecule has 0 spiro atoms. The van der Waals surface area contributed by atoms with Crippen molar-refractivity contribution in [1.29, 1.82) is 0 Å². The van der Waals surface area contributed by atoms with Crippen LogP contribution in [0.3, 0.4) is 0 Å². The quantitative estimate of drug-likeness (QED) is 0.530. The van der Waals surface area contributed by atoms with Gasteiger partial charge in [0.1, 0.15) is 0 Å². The zero-order valence-electron chi connectivity index (χ0n) is 15.2. The zero-order chi connectivity index (χ0) is 19.3. The molecule has 0 atom stereocenters. The van der Waals surface area contributed by atoms with Crippen LogP contribution in [0, 0.1) is 6.92 Å². The number of halogens is 3. The van der Waals surface area contributed by atoms with Crippen LogP contribution in [0.2, 0.25) is 0 Å². The van der Waals surface area contributed by atoms with Crippen LogP contribution in [0.15, 0.2) is 30.5 Å². The lowest BCUT2D eigenvalue weighted by molar-refractivity contribution is -0.142. The number of benzene rings is 1. The number of para-hydroxylation sites is 1. The second-order valence-corrected chi connectivity index (χ2v) is 6.44. The van der Waals surface area contributed by atoms with E-state index in [2.05, 4.69) is 15.2 Å². The van der Waals surface area contributed by atoms with E-state index in [9.17, 15) is 13.2 Å². The molecule has 5 nitrogen and oxygen atoms in total. The molecule has 140 valence electrons. The summed E-state index contributed by atoms with van der Waals surface area (Å²) in [7, 11) is 0. The molecule has 0 bridgehead atoms. The van der Waals surface area contributed by atoms with Gasteiger partial charge in [0.2, 0.25) is 0 Å². The number of hydrogen-bond donors (Lipinski definition) is 0. The number of pyridine rings is 1. The molecule has 0 saturated heterocycles. The number of fused-ring (bicyclic) bond motifs is 2. The Balaban J connectivity index is 2.16. The maximum Gasteiger partial charge on any atom is 0.435 e. The summed E-state index contributed by atoms with van der Waals surface area (Å²) in [6.07, 6.45) is -2.04. The molecule has 0 saturated carbocycles. The predicted molar refractivity (Wildman–Crippen MR) is 96.1 cm³/mol. The number of nitrogens with zero attached hydrogens (tertiary/aromatic N) is 5. The minimum Gasteiger partial charge on any atom is -0.231 e. The van der Waals surface area contributed by atoms with Crippen molar-refractivity contribution in [1.82, 2.24) is 24.4 Å². The minimum absolute atomic E-state index is 0.0382. The van der Waals surface area contributed by atoms with Gasteiger partial charge >= 0.3 is 6.18 Å². The topological polar surface area (TPSA) is 48.0 Å². The molecule has 0 radical (unpaired) electrons. The van der Waals surface area contributed by atoms with Crippen molar-refractivity contribution in [3.63, 3.8) is 0 Å². The summed E-state index contributed by atoms with van der Waals surface area (Å²) in [6.45, 7) is 5.57. The normalized spacial score (nSPS) is 12.4. The van der Waals surface area contributed by atoms with Gasteiger partial charge in [-0.3, -0.25) is 0 Å². The Morgan fingerprint density at radius 2 is 1.89 bits per heavy atom. The van der Waals surface area contributed by atoms with Gasteiger partial charge < -0.3 is 0 Å². The fourth-order valence-corrected chi connectivity index (χ4v) is 3.40. The van der Waals surface area contributed by atoms with Crippen LogP contribution in [0.25, 0.3) is 22.2 Å². The molecule has 0 aliphatic carbocycles. The summed E-state index contributed by atoms with van der Waals surface area (Å²) in [4.78, 5) is 4.30. The molecule has 4 rings (SSSR count). The fraction of sp³-hybridized carbons (Fsp3) is 0.316. The lowest BCUT2D eigenvalue weighted by atomic mass is 10.1. The van der Waals surface area contributed by atoms with Crippen molar-refractivity contribution in [3.05, 3.63) is 53.1 Å². The van der Waals surface area contributed by atoms with Crippen molar-refractivity contribution in [2.75, 3.05) is 0 Å². The Kier molecular flexibility index (Phi) is 3.94. The molecule has 4 aromatic rings. The summed E-state index contributed by atoms with van der Waals surface area (Å²) in [5, 5.41) is 9.17.